The molecule has 3 aromatic rings. The van der Waals surface area contributed by atoms with Gasteiger partial charge in [0.2, 0.25) is 11.8 Å². The van der Waals surface area contributed by atoms with Gasteiger partial charge >= 0.3 is 0 Å². The van der Waals surface area contributed by atoms with Crippen LogP contribution in [0.15, 0.2) is 77.7 Å². The summed E-state index contributed by atoms with van der Waals surface area (Å²) < 4.78 is 33.8. The number of nitrogens with one attached hydrogen (secondary N) is 1. The zero-order valence-electron chi connectivity index (χ0n) is 22.1. The van der Waals surface area contributed by atoms with Gasteiger partial charge in [0.25, 0.3) is 10.0 Å². The fourth-order valence-corrected chi connectivity index (χ4v) is 5.62. The molecule has 11 heteroatoms. The van der Waals surface area contributed by atoms with Crippen molar-refractivity contribution < 1.29 is 22.7 Å². The molecule has 0 fully saturated rings. The van der Waals surface area contributed by atoms with Crippen LogP contribution in [0, 0.1) is 0 Å². The summed E-state index contributed by atoms with van der Waals surface area (Å²) in [4.78, 5) is 28.1. The fraction of sp³-hybridized carbons (Fsp3) is 0.286. The van der Waals surface area contributed by atoms with E-state index < -0.39 is 28.5 Å². The highest BCUT2D eigenvalue weighted by atomic mass is 35.5. The number of anilines is 1. The van der Waals surface area contributed by atoms with E-state index in [4.69, 9.17) is 27.9 Å². The first-order valence-corrected chi connectivity index (χ1v) is 14.4. The summed E-state index contributed by atoms with van der Waals surface area (Å²) in [5.74, 6) is -0.494. The second kappa shape index (κ2) is 13.2. The Kier molecular flexibility index (Phi) is 10.2. The van der Waals surface area contributed by atoms with E-state index in [-0.39, 0.29) is 29.1 Å². The predicted molar refractivity (Wildman–Crippen MR) is 154 cm³/mol. The molecule has 0 aromatic heterocycles. The van der Waals surface area contributed by atoms with Gasteiger partial charge in [0.05, 0.1) is 17.7 Å². The molecule has 39 heavy (non-hydrogen) atoms. The van der Waals surface area contributed by atoms with Crippen LogP contribution in [0.5, 0.6) is 5.75 Å². The number of hydrogen-bond acceptors (Lipinski definition) is 5. The Morgan fingerprint density at radius 2 is 1.62 bits per heavy atom. The average Bonchev–Trinajstić information content (AvgIpc) is 2.90. The predicted octanol–water partition coefficient (Wildman–Crippen LogP) is 5.14. The van der Waals surface area contributed by atoms with Crippen LogP contribution in [-0.2, 0) is 26.2 Å². The molecule has 1 N–H and O–H groups in total. The third-order valence-electron chi connectivity index (χ3n) is 5.92. The average molecular weight is 593 g/mol. The maximum absolute atomic E-state index is 13.9. The molecule has 0 heterocycles. The SMILES string of the molecule is COc1ccc(S(=O)(=O)N(CC(=O)N(Cc2ccccc2Cl)C(C)C(=O)NC(C)C)c2cccc(Cl)c2)cc1. The summed E-state index contributed by atoms with van der Waals surface area (Å²) in [7, 11) is -2.75. The number of carbonyl (C=O) groups is 2. The van der Waals surface area contributed by atoms with E-state index in [9.17, 15) is 18.0 Å². The largest absolute Gasteiger partial charge is 0.497 e. The number of hydrogen-bond donors (Lipinski definition) is 1. The number of halogens is 2. The van der Waals surface area contributed by atoms with Crippen molar-refractivity contribution in [1.29, 1.82) is 0 Å². The Morgan fingerprint density at radius 3 is 2.21 bits per heavy atom. The van der Waals surface area contributed by atoms with Crippen molar-refractivity contribution in [3.8, 4) is 5.75 Å². The second-order valence-electron chi connectivity index (χ2n) is 9.12. The van der Waals surface area contributed by atoms with E-state index in [0.29, 0.717) is 21.4 Å². The van der Waals surface area contributed by atoms with Crippen molar-refractivity contribution in [2.75, 3.05) is 18.0 Å². The summed E-state index contributed by atoms with van der Waals surface area (Å²) in [5, 5.41) is 3.53. The van der Waals surface area contributed by atoms with Crippen LogP contribution in [-0.4, -0.2) is 50.9 Å². The lowest BCUT2D eigenvalue weighted by Gasteiger charge is -2.32. The molecule has 0 spiro atoms. The maximum atomic E-state index is 13.9. The molecule has 3 rings (SSSR count). The van der Waals surface area contributed by atoms with Crippen LogP contribution in [0.1, 0.15) is 26.3 Å². The van der Waals surface area contributed by atoms with Gasteiger partial charge in [-0.05, 0) is 74.9 Å². The van der Waals surface area contributed by atoms with Gasteiger partial charge in [-0.1, -0.05) is 47.5 Å². The molecule has 0 radical (unpaired) electrons. The quantitative estimate of drug-likeness (QED) is 0.333. The first kappa shape index (κ1) is 30.3. The number of sulfonamides is 1. The van der Waals surface area contributed by atoms with E-state index in [1.54, 1.807) is 49.4 Å². The smallest absolute Gasteiger partial charge is 0.264 e. The van der Waals surface area contributed by atoms with Crippen molar-refractivity contribution in [3.63, 3.8) is 0 Å². The zero-order chi connectivity index (χ0) is 28.7. The minimum Gasteiger partial charge on any atom is -0.497 e. The van der Waals surface area contributed by atoms with E-state index >= 15 is 0 Å². The Bertz CT molecular complexity index is 1410. The van der Waals surface area contributed by atoms with Crippen LogP contribution in [0.4, 0.5) is 5.69 Å². The number of carbonyl (C=O) groups excluding carboxylic acids is 2. The van der Waals surface area contributed by atoms with Crippen molar-refractivity contribution >= 4 is 50.7 Å². The van der Waals surface area contributed by atoms with E-state index in [1.807, 2.05) is 13.8 Å². The summed E-state index contributed by atoms with van der Waals surface area (Å²) in [6, 6.07) is 17.9. The first-order valence-electron chi connectivity index (χ1n) is 12.2. The molecule has 208 valence electrons. The molecule has 0 bridgehead atoms. The number of nitrogens with zero attached hydrogens (tertiary/aromatic N) is 2. The highest BCUT2D eigenvalue weighted by Crippen LogP contribution is 2.28. The van der Waals surface area contributed by atoms with Crippen LogP contribution in [0.25, 0.3) is 0 Å². The second-order valence-corrected chi connectivity index (χ2v) is 11.8. The van der Waals surface area contributed by atoms with Gasteiger partial charge in [-0.25, -0.2) is 8.42 Å². The van der Waals surface area contributed by atoms with Gasteiger partial charge in [0.1, 0.15) is 18.3 Å². The van der Waals surface area contributed by atoms with Gasteiger partial charge in [0.15, 0.2) is 0 Å². The Hall–Kier alpha value is -3.27. The monoisotopic (exact) mass is 591 g/mol. The van der Waals surface area contributed by atoms with Gasteiger partial charge in [-0.3, -0.25) is 13.9 Å². The molecule has 0 aliphatic rings. The van der Waals surface area contributed by atoms with Crippen molar-refractivity contribution in [3.05, 3.63) is 88.4 Å². The van der Waals surface area contributed by atoms with E-state index in [1.165, 1.54) is 42.3 Å². The topological polar surface area (TPSA) is 96.0 Å². The van der Waals surface area contributed by atoms with E-state index in [2.05, 4.69) is 5.32 Å². The highest BCUT2D eigenvalue weighted by Gasteiger charge is 2.33. The molecule has 2 amide bonds. The van der Waals surface area contributed by atoms with Crippen LogP contribution in [0.2, 0.25) is 10.0 Å². The molecule has 0 aliphatic carbocycles. The Morgan fingerprint density at radius 1 is 0.949 bits per heavy atom. The van der Waals surface area contributed by atoms with Crippen molar-refractivity contribution in [1.82, 2.24) is 10.2 Å². The third kappa shape index (κ3) is 7.65. The number of ether oxygens (including phenoxy) is 1. The lowest BCUT2D eigenvalue weighted by atomic mass is 10.1. The standard InChI is InChI=1S/C28H31Cl2N3O5S/c1-19(2)31-28(35)20(3)32(17-21-8-5-6-11-26(21)30)27(34)18-33(23-10-7-9-22(29)16-23)39(36,37)25-14-12-24(38-4)13-15-25/h5-16,19-20H,17-18H2,1-4H3,(H,31,35). The normalized spacial score (nSPS) is 12.1. The first-order chi connectivity index (χ1) is 18.4. The number of amides is 2. The molecule has 8 nitrogen and oxygen atoms in total. The van der Waals surface area contributed by atoms with Gasteiger partial charge in [0, 0.05) is 22.6 Å². The molecule has 1 unspecified atom stereocenters. The van der Waals surface area contributed by atoms with Crippen LogP contribution < -0.4 is 14.4 Å². The van der Waals surface area contributed by atoms with E-state index in [0.717, 1.165) is 4.31 Å². The van der Waals surface area contributed by atoms with Gasteiger partial charge in [-0.15, -0.1) is 0 Å². The lowest BCUT2D eigenvalue weighted by Crippen LogP contribution is -2.52. The molecule has 0 saturated heterocycles. The number of methoxy groups -OCH3 is 1. The highest BCUT2D eigenvalue weighted by molar-refractivity contribution is 7.92. The van der Waals surface area contributed by atoms with Crippen LogP contribution in [0.3, 0.4) is 0 Å². The number of rotatable bonds is 11. The number of benzene rings is 3. The molecule has 0 saturated carbocycles. The summed E-state index contributed by atoms with van der Waals surface area (Å²) in [6.07, 6.45) is 0. The molecule has 0 aliphatic heterocycles. The fourth-order valence-electron chi connectivity index (χ4n) is 3.83. The molecule has 1 atom stereocenters. The Balaban J connectivity index is 2.04. The minimum absolute atomic E-state index is 0.00282. The van der Waals surface area contributed by atoms with Crippen molar-refractivity contribution in [2.45, 2.75) is 44.3 Å². The van der Waals surface area contributed by atoms with Crippen molar-refractivity contribution in [2.24, 2.45) is 0 Å². The summed E-state index contributed by atoms with van der Waals surface area (Å²) in [6.45, 7) is 4.63. The van der Waals surface area contributed by atoms with Crippen LogP contribution >= 0.6 is 23.2 Å². The van der Waals surface area contributed by atoms with Gasteiger partial charge < -0.3 is 15.0 Å². The lowest BCUT2D eigenvalue weighted by molar-refractivity contribution is -0.139. The summed E-state index contributed by atoms with van der Waals surface area (Å²) in [5.41, 5.74) is 0.813. The molecule has 3 aromatic carbocycles. The minimum atomic E-state index is -4.23. The maximum Gasteiger partial charge on any atom is 0.264 e. The zero-order valence-corrected chi connectivity index (χ0v) is 24.4. The summed E-state index contributed by atoms with van der Waals surface area (Å²) >= 11 is 12.6. The molecular formula is C28H31Cl2N3O5S. The third-order valence-corrected chi connectivity index (χ3v) is 8.31. The molecular weight excluding hydrogens is 561 g/mol. The Labute approximate surface area is 239 Å². The van der Waals surface area contributed by atoms with Gasteiger partial charge in [-0.2, -0.15) is 0 Å².